The molecule has 0 aromatic rings. The van der Waals surface area contributed by atoms with Crippen LogP contribution in [0.2, 0.25) is 0 Å². The first kappa shape index (κ1) is 12.1. The minimum absolute atomic E-state index is 0.0748. The molecule has 1 unspecified atom stereocenters. The van der Waals surface area contributed by atoms with E-state index in [1.54, 1.807) is 34.6 Å². The lowest BCUT2D eigenvalue weighted by molar-refractivity contribution is -0.161. The minimum atomic E-state index is -0.635. The van der Waals surface area contributed by atoms with Crippen LogP contribution in [-0.4, -0.2) is 17.4 Å². The molecule has 0 radical (unpaired) electrons. The molecule has 13 heavy (non-hydrogen) atoms. The first-order valence-electron chi connectivity index (χ1n) is 4.53. The largest absolute Gasteiger partial charge is 0.459 e. The quantitative estimate of drug-likeness (QED) is 0.499. The molecule has 0 aliphatic heterocycles. The van der Waals surface area contributed by atoms with Crippen LogP contribution in [0.4, 0.5) is 0 Å². The summed E-state index contributed by atoms with van der Waals surface area (Å²) in [4.78, 5) is 22.5. The highest BCUT2D eigenvalue weighted by Crippen LogP contribution is 2.12. The summed E-state index contributed by atoms with van der Waals surface area (Å²) in [6, 6.07) is 0. The number of ether oxygens (including phenoxy) is 1. The molecule has 0 spiro atoms. The molecule has 0 heterocycles. The molecule has 0 saturated carbocycles. The molecule has 3 nitrogen and oxygen atoms in total. The second-order valence-electron chi connectivity index (χ2n) is 4.08. The van der Waals surface area contributed by atoms with E-state index in [0.717, 1.165) is 0 Å². The third-order valence-electron chi connectivity index (χ3n) is 1.59. The van der Waals surface area contributed by atoms with E-state index in [2.05, 4.69) is 0 Å². The van der Waals surface area contributed by atoms with Gasteiger partial charge in [-0.15, -0.1) is 0 Å². The van der Waals surface area contributed by atoms with Crippen molar-refractivity contribution in [3.63, 3.8) is 0 Å². The molecule has 1 atom stereocenters. The van der Waals surface area contributed by atoms with Gasteiger partial charge in [0.2, 0.25) is 0 Å². The van der Waals surface area contributed by atoms with Gasteiger partial charge in [-0.05, 0) is 27.7 Å². The van der Waals surface area contributed by atoms with Crippen molar-refractivity contribution in [3.8, 4) is 0 Å². The zero-order valence-electron chi connectivity index (χ0n) is 9.01. The fourth-order valence-corrected chi connectivity index (χ4v) is 0.828. The van der Waals surface area contributed by atoms with Gasteiger partial charge in [-0.3, -0.25) is 9.59 Å². The van der Waals surface area contributed by atoms with Crippen LogP contribution in [0.3, 0.4) is 0 Å². The summed E-state index contributed by atoms with van der Waals surface area (Å²) in [6.07, 6.45) is 0.375. The van der Waals surface area contributed by atoms with E-state index in [4.69, 9.17) is 4.74 Å². The maximum atomic E-state index is 11.3. The van der Waals surface area contributed by atoms with Gasteiger partial charge in [-0.2, -0.15) is 0 Å². The average molecular weight is 186 g/mol. The third kappa shape index (κ3) is 4.65. The fraction of sp³-hybridized carbons (Fsp3) is 0.800. The Balaban J connectivity index is 4.20. The van der Waals surface area contributed by atoms with E-state index in [9.17, 15) is 9.59 Å². The second kappa shape index (κ2) is 4.40. The minimum Gasteiger partial charge on any atom is -0.459 e. The molecule has 0 aromatic heterocycles. The van der Waals surface area contributed by atoms with Crippen molar-refractivity contribution in [2.24, 2.45) is 5.92 Å². The molecule has 0 saturated heterocycles. The number of ketones is 1. The zero-order chi connectivity index (χ0) is 10.6. The van der Waals surface area contributed by atoms with Crippen LogP contribution in [0.15, 0.2) is 0 Å². The Morgan fingerprint density at radius 2 is 1.77 bits per heavy atom. The fourth-order valence-electron chi connectivity index (χ4n) is 0.828. The lowest BCUT2D eigenvalue weighted by Crippen LogP contribution is -2.30. The van der Waals surface area contributed by atoms with Crippen LogP contribution in [0.5, 0.6) is 0 Å². The molecule has 0 aliphatic rings. The summed E-state index contributed by atoms with van der Waals surface area (Å²) in [5.41, 5.74) is -0.515. The Morgan fingerprint density at radius 3 is 2.08 bits per heavy atom. The summed E-state index contributed by atoms with van der Waals surface area (Å²) in [5.74, 6) is -1.14. The van der Waals surface area contributed by atoms with Gasteiger partial charge in [-0.25, -0.2) is 0 Å². The molecule has 3 heteroatoms. The highest BCUT2D eigenvalue weighted by Gasteiger charge is 2.25. The molecule has 0 bridgehead atoms. The van der Waals surface area contributed by atoms with Gasteiger partial charge in [0.05, 0.1) is 0 Å². The van der Waals surface area contributed by atoms with Crippen LogP contribution in [0.25, 0.3) is 0 Å². The van der Waals surface area contributed by atoms with Crippen LogP contribution in [0, 0.1) is 5.92 Å². The molecule has 0 aromatic carbocycles. The molecule has 0 aliphatic carbocycles. The number of rotatable bonds is 3. The van der Waals surface area contributed by atoms with Gasteiger partial charge in [0.1, 0.15) is 17.3 Å². The van der Waals surface area contributed by atoms with E-state index in [1.165, 1.54) is 0 Å². The SMILES string of the molecule is CCC(=O)C(C)C(=O)OC(C)(C)C. The van der Waals surface area contributed by atoms with Gasteiger partial charge in [0, 0.05) is 6.42 Å². The smallest absolute Gasteiger partial charge is 0.316 e. The summed E-state index contributed by atoms with van der Waals surface area (Å²) in [7, 11) is 0. The highest BCUT2D eigenvalue weighted by molar-refractivity contribution is 5.98. The first-order valence-corrected chi connectivity index (χ1v) is 4.53. The van der Waals surface area contributed by atoms with Crippen molar-refractivity contribution in [1.29, 1.82) is 0 Å². The van der Waals surface area contributed by atoms with Crippen molar-refractivity contribution >= 4 is 11.8 Å². The van der Waals surface area contributed by atoms with E-state index in [0.29, 0.717) is 6.42 Å². The van der Waals surface area contributed by atoms with Crippen molar-refractivity contribution in [3.05, 3.63) is 0 Å². The van der Waals surface area contributed by atoms with Gasteiger partial charge in [0.25, 0.3) is 0 Å². The van der Waals surface area contributed by atoms with Crippen LogP contribution in [0.1, 0.15) is 41.0 Å². The van der Waals surface area contributed by atoms with Crippen LogP contribution in [-0.2, 0) is 14.3 Å². The Morgan fingerprint density at radius 1 is 1.31 bits per heavy atom. The standard InChI is InChI=1S/C10H18O3/c1-6-8(11)7(2)9(12)13-10(3,4)5/h7H,6H2,1-5H3. The van der Waals surface area contributed by atoms with Crippen LogP contribution >= 0.6 is 0 Å². The van der Waals surface area contributed by atoms with E-state index in [-0.39, 0.29) is 5.78 Å². The Bertz CT molecular complexity index is 201. The number of carbonyl (C=O) groups excluding carboxylic acids is 2. The third-order valence-corrected chi connectivity index (χ3v) is 1.59. The van der Waals surface area contributed by atoms with Gasteiger partial charge < -0.3 is 4.74 Å². The lowest BCUT2D eigenvalue weighted by Gasteiger charge is -2.21. The lowest BCUT2D eigenvalue weighted by atomic mass is 10.0. The number of esters is 1. The van der Waals surface area contributed by atoms with Crippen molar-refractivity contribution in [1.82, 2.24) is 0 Å². The normalized spacial score (nSPS) is 13.6. The topological polar surface area (TPSA) is 43.4 Å². The zero-order valence-corrected chi connectivity index (χ0v) is 9.01. The Kier molecular flexibility index (Phi) is 4.11. The van der Waals surface area contributed by atoms with Crippen LogP contribution < -0.4 is 0 Å². The molecular formula is C10H18O3. The maximum Gasteiger partial charge on any atom is 0.316 e. The van der Waals surface area contributed by atoms with Crippen molar-refractivity contribution in [2.75, 3.05) is 0 Å². The summed E-state index contributed by atoms with van der Waals surface area (Å²) >= 11 is 0. The van der Waals surface area contributed by atoms with E-state index in [1.807, 2.05) is 0 Å². The number of hydrogen-bond donors (Lipinski definition) is 0. The molecular weight excluding hydrogens is 168 g/mol. The molecule has 0 N–H and O–H groups in total. The monoisotopic (exact) mass is 186 g/mol. The molecule has 0 amide bonds. The average Bonchev–Trinajstić information content (AvgIpc) is 1.98. The van der Waals surface area contributed by atoms with Gasteiger partial charge in [-0.1, -0.05) is 6.92 Å². The number of Topliss-reactive ketones (excluding diaryl/α,β-unsaturated/α-hetero) is 1. The van der Waals surface area contributed by atoms with Crippen molar-refractivity contribution in [2.45, 2.75) is 46.6 Å². The van der Waals surface area contributed by atoms with Crippen molar-refractivity contribution < 1.29 is 14.3 Å². The maximum absolute atomic E-state index is 11.3. The summed E-state index contributed by atoms with van der Waals surface area (Å²) in [6.45, 7) is 8.68. The number of carbonyl (C=O) groups is 2. The first-order chi connectivity index (χ1) is 5.78. The predicted octanol–water partition coefficient (Wildman–Crippen LogP) is 1.94. The van der Waals surface area contributed by atoms with Gasteiger partial charge in [0.15, 0.2) is 0 Å². The molecule has 0 rings (SSSR count). The predicted molar refractivity (Wildman–Crippen MR) is 50.3 cm³/mol. The Labute approximate surface area is 79.5 Å². The summed E-state index contributed by atoms with van der Waals surface area (Å²) < 4.78 is 5.06. The number of hydrogen-bond acceptors (Lipinski definition) is 3. The van der Waals surface area contributed by atoms with Gasteiger partial charge >= 0.3 is 5.97 Å². The highest BCUT2D eigenvalue weighted by atomic mass is 16.6. The molecule has 76 valence electrons. The van der Waals surface area contributed by atoms with E-state index < -0.39 is 17.5 Å². The molecule has 0 fully saturated rings. The van der Waals surface area contributed by atoms with E-state index >= 15 is 0 Å². The Hall–Kier alpha value is -0.860. The summed E-state index contributed by atoms with van der Waals surface area (Å²) in [5, 5.41) is 0. The second-order valence-corrected chi connectivity index (χ2v) is 4.08.